The molecule has 1 saturated heterocycles. The third kappa shape index (κ3) is 2.26. The lowest BCUT2D eigenvalue weighted by atomic mass is 9.81. The zero-order valence-corrected chi connectivity index (χ0v) is 14.7. The van der Waals surface area contributed by atoms with Gasteiger partial charge >= 0.3 is 5.97 Å². The molecule has 25 heavy (non-hydrogen) atoms. The first-order valence-corrected chi connectivity index (χ1v) is 8.69. The van der Waals surface area contributed by atoms with E-state index < -0.39 is 11.4 Å². The van der Waals surface area contributed by atoms with Gasteiger partial charge in [-0.2, -0.15) is 10.1 Å². The summed E-state index contributed by atoms with van der Waals surface area (Å²) in [5.41, 5.74) is -0.717. The second-order valence-corrected chi connectivity index (χ2v) is 8.28. The van der Waals surface area contributed by atoms with Crippen molar-refractivity contribution >= 4 is 23.0 Å². The molecule has 8 heteroatoms. The summed E-state index contributed by atoms with van der Waals surface area (Å²) in [6.45, 7) is 7.01. The van der Waals surface area contributed by atoms with Crippen molar-refractivity contribution in [2.24, 2.45) is 11.3 Å². The average molecular weight is 345 g/mol. The number of fused-ring (bicyclic) bond motifs is 2. The number of nitrogens with one attached hydrogen (secondary N) is 1. The van der Waals surface area contributed by atoms with Crippen LogP contribution in [0.3, 0.4) is 0 Å². The van der Waals surface area contributed by atoms with E-state index >= 15 is 0 Å². The van der Waals surface area contributed by atoms with Crippen LogP contribution < -0.4 is 10.5 Å². The summed E-state index contributed by atoms with van der Waals surface area (Å²) in [5.74, 6) is -0.183. The van der Waals surface area contributed by atoms with Gasteiger partial charge in [0.05, 0.1) is 17.2 Å². The normalized spacial score (nSPS) is 26.4. The van der Waals surface area contributed by atoms with Crippen molar-refractivity contribution in [3.63, 3.8) is 0 Å². The fourth-order valence-electron chi connectivity index (χ4n) is 4.35. The molecule has 2 N–H and O–H groups in total. The number of hydrogen-bond acceptors (Lipinski definition) is 5. The Balaban J connectivity index is 1.78. The number of hydrogen-bond donors (Lipinski definition) is 2. The maximum absolute atomic E-state index is 12.5. The lowest BCUT2D eigenvalue weighted by Crippen LogP contribution is -2.36. The number of aromatic amines is 1. The molecule has 0 radical (unpaired) electrons. The third-order valence-corrected chi connectivity index (χ3v) is 5.66. The van der Waals surface area contributed by atoms with Gasteiger partial charge in [-0.3, -0.25) is 14.6 Å². The van der Waals surface area contributed by atoms with Gasteiger partial charge in [0.2, 0.25) is 5.95 Å². The fourth-order valence-corrected chi connectivity index (χ4v) is 4.35. The number of H-pyrrole nitrogens is 1. The number of rotatable bonds is 2. The van der Waals surface area contributed by atoms with Crippen LogP contribution >= 0.6 is 0 Å². The van der Waals surface area contributed by atoms with Crippen LogP contribution in [0, 0.1) is 11.3 Å². The number of carboxylic acids is 1. The lowest BCUT2D eigenvalue weighted by Gasteiger charge is -2.24. The smallest absolute Gasteiger partial charge is 0.311 e. The Morgan fingerprint density at radius 2 is 2.20 bits per heavy atom. The Hall–Kier alpha value is -2.38. The maximum Gasteiger partial charge on any atom is 0.311 e. The van der Waals surface area contributed by atoms with E-state index in [9.17, 15) is 14.7 Å². The Labute approximate surface area is 144 Å². The number of carbonyl (C=O) groups is 1. The summed E-state index contributed by atoms with van der Waals surface area (Å²) in [7, 11) is 0. The van der Waals surface area contributed by atoms with Crippen LogP contribution in [-0.2, 0) is 10.3 Å². The number of carboxylic acid groups (broad SMARTS) is 1. The molecule has 4 rings (SSSR count). The summed E-state index contributed by atoms with van der Waals surface area (Å²) in [6.07, 6.45) is 4.09. The van der Waals surface area contributed by atoms with Gasteiger partial charge in [0, 0.05) is 13.1 Å². The number of aliphatic carboxylic acids is 1. The average Bonchev–Trinajstić information content (AvgIpc) is 3.17. The summed E-state index contributed by atoms with van der Waals surface area (Å²) < 4.78 is 1.74. The molecule has 134 valence electrons. The molecule has 0 spiro atoms. The number of aromatic nitrogens is 4. The minimum absolute atomic E-state index is 0.110. The molecule has 0 aromatic carbocycles. The zero-order chi connectivity index (χ0) is 18.0. The van der Waals surface area contributed by atoms with Gasteiger partial charge in [-0.15, -0.1) is 0 Å². The van der Waals surface area contributed by atoms with Crippen molar-refractivity contribution in [1.29, 1.82) is 0 Å². The maximum atomic E-state index is 12.5. The summed E-state index contributed by atoms with van der Waals surface area (Å²) in [4.78, 5) is 33.7. The largest absolute Gasteiger partial charge is 0.481 e. The minimum atomic E-state index is -0.736. The van der Waals surface area contributed by atoms with Crippen LogP contribution in [-0.4, -0.2) is 43.9 Å². The van der Waals surface area contributed by atoms with Crippen LogP contribution in [0.5, 0.6) is 0 Å². The van der Waals surface area contributed by atoms with E-state index in [2.05, 4.69) is 15.1 Å². The van der Waals surface area contributed by atoms with Crippen LogP contribution in [0.15, 0.2) is 11.0 Å². The van der Waals surface area contributed by atoms with Gasteiger partial charge in [0.25, 0.3) is 5.56 Å². The molecule has 3 heterocycles. The first kappa shape index (κ1) is 16.1. The summed E-state index contributed by atoms with van der Waals surface area (Å²) >= 11 is 0. The molecule has 2 fully saturated rings. The Bertz CT molecular complexity index is 909. The van der Waals surface area contributed by atoms with E-state index in [0.717, 1.165) is 12.8 Å². The molecular formula is C17H23N5O3. The molecular weight excluding hydrogens is 322 g/mol. The second-order valence-electron chi connectivity index (χ2n) is 8.28. The predicted octanol–water partition coefficient (Wildman–Crippen LogP) is 1.57. The Kier molecular flexibility index (Phi) is 3.26. The second kappa shape index (κ2) is 5.06. The Morgan fingerprint density at radius 1 is 1.44 bits per heavy atom. The summed E-state index contributed by atoms with van der Waals surface area (Å²) in [5, 5.41) is 14.5. The van der Waals surface area contributed by atoms with Crippen molar-refractivity contribution in [2.45, 2.75) is 45.6 Å². The standard InChI is InChI=1S/C17H23N5O3/c1-16(2,3)22-12-11(7-18-22)13(23)20-15(19-12)21-8-10-5-4-6-17(10,9-21)14(24)25/h7,10H,4-6,8-9H2,1-3H3,(H,24,25)(H,19,20,23)/t10-,17+/m0/s1. The van der Waals surface area contributed by atoms with Crippen LogP contribution in [0.2, 0.25) is 0 Å². The highest BCUT2D eigenvalue weighted by Crippen LogP contribution is 2.49. The van der Waals surface area contributed by atoms with Gasteiger partial charge < -0.3 is 10.0 Å². The minimum Gasteiger partial charge on any atom is -0.481 e. The molecule has 1 aliphatic carbocycles. The van der Waals surface area contributed by atoms with E-state index in [1.165, 1.54) is 6.20 Å². The van der Waals surface area contributed by atoms with Gasteiger partial charge in [-0.05, 0) is 39.5 Å². The molecule has 0 amide bonds. The Morgan fingerprint density at radius 3 is 2.84 bits per heavy atom. The lowest BCUT2D eigenvalue weighted by molar-refractivity contribution is -0.149. The van der Waals surface area contributed by atoms with E-state index in [4.69, 9.17) is 0 Å². The topological polar surface area (TPSA) is 104 Å². The molecule has 8 nitrogen and oxygen atoms in total. The highest BCUT2D eigenvalue weighted by molar-refractivity contribution is 5.78. The van der Waals surface area contributed by atoms with Gasteiger partial charge in [0.15, 0.2) is 5.65 Å². The zero-order valence-electron chi connectivity index (χ0n) is 14.7. The number of anilines is 1. The highest BCUT2D eigenvalue weighted by atomic mass is 16.4. The molecule has 2 aromatic rings. The van der Waals surface area contributed by atoms with Crippen molar-refractivity contribution in [3.05, 3.63) is 16.6 Å². The van der Waals surface area contributed by atoms with E-state index in [0.29, 0.717) is 36.5 Å². The van der Waals surface area contributed by atoms with Crippen LogP contribution in [0.1, 0.15) is 40.0 Å². The predicted molar refractivity (Wildman–Crippen MR) is 92.8 cm³/mol. The van der Waals surface area contributed by atoms with Crippen LogP contribution in [0.4, 0.5) is 5.95 Å². The number of nitrogens with zero attached hydrogens (tertiary/aromatic N) is 4. The molecule has 1 saturated carbocycles. The first-order valence-electron chi connectivity index (χ1n) is 8.69. The molecule has 1 aliphatic heterocycles. The molecule has 2 aromatic heterocycles. The quantitative estimate of drug-likeness (QED) is 0.856. The first-order chi connectivity index (χ1) is 11.7. The highest BCUT2D eigenvalue weighted by Gasteiger charge is 2.55. The molecule has 0 bridgehead atoms. The monoisotopic (exact) mass is 345 g/mol. The van der Waals surface area contributed by atoms with E-state index in [1.807, 2.05) is 25.7 Å². The van der Waals surface area contributed by atoms with Crippen molar-refractivity contribution < 1.29 is 9.90 Å². The summed E-state index contributed by atoms with van der Waals surface area (Å²) in [6, 6.07) is 0. The SMILES string of the molecule is CC(C)(C)n1ncc2c(=O)[nH]c(N3C[C@@H]4CCC[C@@]4(C(=O)O)C3)nc21. The van der Waals surface area contributed by atoms with Gasteiger partial charge in [-0.1, -0.05) is 6.42 Å². The van der Waals surface area contributed by atoms with Gasteiger partial charge in [-0.25, -0.2) is 4.68 Å². The van der Waals surface area contributed by atoms with Crippen molar-refractivity contribution in [1.82, 2.24) is 19.7 Å². The van der Waals surface area contributed by atoms with Crippen LogP contribution in [0.25, 0.3) is 11.0 Å². The van der Waals surface area contributed by atoms with E-state index in [1.54, 1.807) is 4.68 Å². The molecule has 2 atom stereocenters. The van der Waals surface area contributed by atoms with Crippen molar-refractivity contribution in [2.75, 3.05) is 18.0 Å². The molecule has 0 unspecified atom stereocenters. The van der Waals surface area contributed by atoms with Crippen molar-refractivity contribution in [3.8, 4) is 0 Å². The molecule has 2 aliphatic rings. The fraction of sp³-hybridized carbons (Fsp3) is 0.647. The van der Waals surface area contributed by atoms with Gasteiger partial charge in [0.1, 0.15) is 5.39 Å². The van der Waals surface area contributed by atoms with E-state index in [-0.39, 0.29) is 17.0 Å². The third-order valence-electron chi connectivity index (χ3n) is 5.66.